The number of phenolic OH excluding ortho intramolecular Hbond substituents is 1. The molecule has 0 fully saturated rings. The van der Waals surface area contributed by atoms with Gasteiger partial charge in [0.05, 0.1) is 17.5 Å². The van der Waals surface area contributed by atoms with Crippen LogP contribution in [0.2, 0.25) is 0 Å². The SMILES string of the molecule is CC(C)C[C@@H](CSSc1ncccc1[N+](=O)[O-])NC(=O)[C@H](Cc1ccccc1)NC(=O)CNC(=O)[C@H](C)NC(=O)[C@@H](N)Cc1ccc(O)cc1. The van der Waals surface area contributed by atoms with Gasteiger partial charge in [-0.3, -0.25) is 29.3 Å². The monoisotopic (exact) mass is 725 g/mol. The molecule has 7 N–H and O–H groups in total. The van der Waals surface area contributed by atoms with Gasteiger partial charge >= 0.3 is 5.69 Å². The first kappa shape index (κ1) is 39.8. The summed E-state index contributed by atoms with van der Waals surface area (Å²) in [5.74, 6) is -1.47. The number of aromatic nitrogens is 1. The third-order valence-electron chi connectivity index (χ3n) is 7.30. The molecule has 2 aromatic carbocycles. The zero-order valence-electron chi connectivity index (χ0n) is 28.0. The Morgan fingerprint density at radius 2 is 1.56 bits per heavy atom. The molecule has 0 spiro atoms. The summed E-state index contributed by atoms with van der Waals surface area (Å²) in [5, 5.41) is 31.8. The van der Waals surface area contributed by atoms with E-state index in [0.717, 1.165) is 21.9 Å². The number of rotatable bonds is 19. The fourth-order valence-electron chi connectivity index (χ4n) is 4.79. The molecular formula is C34H43N7O7S2. The molecule has 1 heterocycles. The Labute approximate surface area is 298 Å². The number of carbonyl (C=O) groups is 4. The quantitative estimate of drug-likeness (QED) is 0.0600. The highest BCUT2D eigenvalue weighted by Gasteiger charge is 2.26. The maximum atomic E-state index is 13.6. The molecule has 0 aliphatic rings. The minimum atomic E-state index is -0.996. The molecule has 4 amide bonds. The molecule has 4 atom stereocenters. The first-order valence-electron chi connectivity index (χ1n) is 16.0. The summed E-state index contributed by atoms with van der Waals surface area (Å²) in [7, 11) is 2.49. The van der Waals surface area contributed by atoms with Crippen molar-refractivity contribution in [3.63, 3.8) is 0 Å². The summed E-state index contributed by atoms with van der Waals surface area (Å²) < 4.78 is 0. The van der Waals surface area contributed by atoms with E-state index in [4.69, 9.17) is 5.73 Å². The third kappa shape index (κ3) is 13.7. The van der Waals surface area contributed by atoms with Crippen LogP contribution in [-0.4, -0.2) is 75.1 Å². The molecule has 0 saturated carbocycles. The summed E-state index contributed by atoms with van der Waals surface area (Å²) >= 11 is 0. The van der Waals surface area contributed by atoms with Gasteiger partial charge in [-0.1, -0.05) is 67.1 Å². The molecule has 3 rings (SSSR count). The Kier molecular flexibility index (Phi) is 16.0. The Morgan fingerprint density at radius 1 is 0.880 bits per heavy atom. The van der Waals surface area contributed by atoms with E-state index in [1.54, 1.807) is 12.1 Å². The lowest BCUT2D eigenvalue weighted by atomic mass is 10.0. The zero-order valence-corrected chi connectivity index (χ0v) is 29.7. The van der Waals surface area contributed by atoms with Crippen LogP contribution in [0.3, 0.4) is 0 Å². The minimum Gasteiger partial charge on any atom is -0.508 e. The van der Waals surface area contributed by atoms with Crippen molar-refractivity contribution in [1.29, 1.82) is 0 Å². The number of benzene rings is 2. The smallest absolute Gasteiger partial charge is 0.302 e. The predicted molar refractivity (Wildman–Crippen MR) is 193 cm³/mol. The second-order valence-corrected chi connectivity index (χ2v) is 14.4. The minimum absolute atomic E-state index is 0.0887. The molecule has 50 heavy (non-hydrogen) atoms. The van der Waals surface area contributed by atoms with Crippen LogP contribution in [0.5, 0.6) is 5.75 Å². The van der Waals surface area contributed by atoms with E-state index in [1.807, 2.05) is 44.2 Å². The van der Waals surface area contributed by atoms with E-state index < -0.39 is 53.2 Å². The number of hydrogen-bond donors (Lipinski definition) is 6. The van der Waals surface area contributed by atoms with E-state index in [2.05, 4.69) is 26.3 Å². The molecule has 1 aromatic heterocycles. The van der Waals surface area contributed by atoms with Crippen molar-refractivity contribution in [3.05, 3.63) is 94.2 Å². The first-order chi connectivity index (χ1) is 23.8. The van der Waals surface area contributed by atoms with Gasteiger partial charge in [-0.2, -0.15) is 0 Å². The number of nitrogens with one attached hydrogen (secondary N) is 4. The largest absolute Gasteiger partial charge is 0.508 e. The van der Waals surface area contributed by atoms with Gasteiger partial charge in [0, 0.05) is 30.5 Å². The van der Waals surface area contributed by atoms with Crippen molar-refractivity contribution >= 4 is 50.9 Å². The molecule has 14 nitrogen and oxygen atoms in total. The fraction of sp³-hybridized carbons (Fsp3) is 0.382. The molecule has 16 heteroatoms. The maximum Gasteiger partial charge on any atom is 0.302 e. The lowest BCUT2D eigenvalue weighted by molar-refractivity contribution is -0.388. The normalized spacial score (nSPS) is 13.4. The van der Waals surface area contributed by atoms with Crippen molar-refractivity contribution in [2.24, 2.45) is 11.7 Å². The summed E-state index contributed by atoms with van der Waals surface area (Å²) in [4.78, 5) is 66.9. The van der Waals surface area contributed by atoms with Crippen LogP contribution in [0, 0.1) is 16.0 Å². The van der Waals surface area contributed by atoms with Gasteiger partial charge in [0.25, 0.3) is 0 Å². The van der Waals surface area contributed by atoms with E-state index in [1.165, 1.54) is 48.2 Å². The molecule has 0 bridgehead atoms. The number of aromatic hydroxyl groups is 1. The van der Waals surface area contributed by atoms with E-state index >= 15 is 0 Å². The lowest BCUT2D eigenvalue weighted by Gasteiger charge is -2.25. The number of carbonyl (C=O) groups excluding carboxylic acids is 4. The second-order valence-electron chi connectivity index (χ2n) is 12.0. The van der Waals surface area contributed by atoms with Crippen LogP contribution in [0.25, 0.3) is 0 Å². The van der Waals surface area contributed by atoms with Crippen LogP contribution in [-0.2, 0) is 32.0 Å². The number of nitrogens with two attached hydrogens (primary N) is 1. The molecular weight excluding hydrogens is 683 g/mol. The van der Waals surface area contributed by atoms with Gasteiger partial charge in [-0.15, -0.1) is 0 Å². The van der Waals surface area contributed by atoms with Crippen molar-refractivity contribution in [2.75, 3.05) is 12.3 Å². The fourth-order valence-corrected chi connectivity index (χ4v) is 7.10. The number of pyridine rings is 1. The van der Waals surface area contributed by atoms with Crippen LogP contribution >= 0.6 is 21.6 Å². The van der Waals surface area contributed by atoms with Gasteiger partial charge in [-0.25, -0.2) is 4.98 Å². The van der Waals surface area contributed by atoms with Gasteiger partial charge in [-0.05, 0) is 65.8 Å². The van der Waals surface area contributed by atoms with Crippen molar-refractivity contribution < 1.29 is 29.2 Å². The summed E-state index contributed by atoms with van der Waals surface area (Å²) in [6.45, 7) is 5.04. The summed E-state index contributed by atoms with van der Waals surface area (Å²) in [5.41, 5.74) is 7.44. The molecule has 0 aliphatic carbocycles. The molecule has 268 valence electrons. The van der Waals surface area contributed by atoms with Gasteiger partial charge in [0.1, 0.15) is 17.8 Å². The number of nitro groups is 1. The summed E-state index contributed by atoms with van der Waals surface area (Å²) in [6.07, 6.45) is 2.48. The Bertz CT molecular complexity index is 1600. The predicted octanol–water partition coefficient (Wildman–Crippen LogP) is 2.89. The Balaban J connectivity index is 1.58. The number of phenols is 1. The van der Waals surface area contributed by atoms with Gasteiger partial charge < -0.3 is 32.1 Å². The zero-order chi connectivity index (χ0) is 36.6. The highest BCUT2D eigenvalue weighted by Crippen LogP contribution is 2.36. The highest BCUT2D eigenvalue weighted by molar-refractivity contribution is 8.76. The molecule has 0 unspecified atom stereocenters. The van der Waals surface area contributed by atoms with Gasteiger partial charge in [0.15, 0.2) is 5.03 Å². The van der Waals surface area contributed by atoms with Crippen molar-refractivity contribution in [2.45, 2.75) is 69.2 Å². The van der Waals surface area contributed by atoms with Crippen molar-refractivity contribution in [3.8, 4) is 5.75 Å². The third-order valence-corrected chi connectivity index (χ3v) is 9.66. The van der Waals surface area contributed by atoms with E-state index in [0.29, 0.717) is 12.2 Å². The average molecular weight is 726 g/mol. The van der Waals surface area contributed by atoms with Crippen LogP contribution in [0.4, 0.5) is 5.69 Å². The topological polar surface area (TPSA) is 219 Å². The molecule has 3 aromatic rings. The lowest BCUT2D eigenvalue weighted by Crippen LogP contribution is -2.54. The number of amides is 4. The molecule has 0 saturated heterocycles. The van der Waals surface area contributed by atoms with Gasteiger partial charge in [0.2, 0.25) is 23.6 Å². The van der Waals surface area contributed by atoms with E-state index in [-0.39, 0.29) is 41.3 Å². The van der Waals surface area contributed by atoms with Crippen molar-refractivity contribution in [1.82, 2.24) is 26.3 Å². The Morgan fingerprint density at radius 3 is 2.22 bits per heavy atom. The van der Waals surface area contributed by atoms with Crippen LogP contribution < -0.4 is 27.0 Å². The molecule has 0 aliphatic heterocycles. The molecule has 0 radical (unpaired) electrons. The first-order valence-corrected chi connectivity index (χ1v) is 18.3. The summed E-state index contributed by atoms with van der Waals surface area (Å²) in [6, 6.07) is 15.1. The number of nitrogens with zero attached hydrogens (tertiary/aromatic N) is 2. The maximum absolute atomic E-state index is 13.6. The second kappa shape index (κ2) is 20.1. The average Bonchev–Trinajstić information content (AvgIpc) is 3.08. The standard InChI is InChI=1S/C34H43N7O7S2/c1-21(2)16-25(20-49-50-34-29(41(47)48)10-7-15-36-34)39-33(46)28(18-23-8-5-4-6-9-23)40-30(43)19-37-31(44)22(3)38-32(45)27(35)17-24-11-13-26(42)14-12-24/h4-15,21-22,25,27-28,42H,16-20,35H2,1-3H3,(H,37,44)(H,38,45)(H,39,46)(H,40,43)/t22-,25-,27-,28-/m0/s1. The highest BCUT2D eigenvalue weighted by atomic mass is 33.1. The van der Waals surface area contributed by atoms with E-state index in [9.17, 15) is 34.4 Å². The van der Waals surface area contributed by atoms with Crippen LogP contribution in [0.15, 0.2) is 78.0 Å². The van der Waals surface area contributed by atoms with Crippen LogP contribution in [0.1, 0.15) is 38.3 Å². The number of hydrogen-bond acceptors (Lipinski definition) is 11. The Hall–Kier alpha value is -4.67.